The molecule has 0 spiro atoms. The van der Waals surface area contributed by atoms with Crippen LogP contribution in [0.5, 0.6) is 5.75 Å². The van der Waals surface area contributed by atoms with Gasteiger partial charge < -0.3 is 10.8 Å². The van der Waals surface area contributed by atoms with E-state index in [2.05, 4.69) is 0 Å². The predicted octanol–water partition coefficient (Wildman–Crippen LogP) is 2.11. The molecule has 3 N–H and O–H groups in total. The summed E-state index contributed by atoms with van der Waals surface area (Å²) in [5.41, 5.74) is 5.59. The Balaban J connectivity index is 0.00000144. The van der Waals surface area contributed by atoms with Crippen molar-refractivity contribution in [3.8, 4) is 5.75 Å². The topological polar surface area (TPSA) is 46.2 Å². The van der Waals surface area contributed by atoms with Gasteiger partial charge in [-0.15, -0.1) is 12.4 Å². The number of aromatic hydroxyl groups is 1. The summed E-state index contributed by atoms with van der Waals surface area (Å²) in [6.45, 7) is 1.58. The summed E-state index contributed by atoms with van der Waals surface area (Å²) < 4.78 is 25.1. The number of nitrogens with two attached hydrogens (primary N) is 1. The van der Waals surface area contributed by atoms with Crippen molar-refractivity contribution in [3.63, 3.8) is 0 Å². The largest absolute Gasteiger partial charge is 0.505 e. The lowest BCUT2D eigenvalue weighted by atomic mass is 10.1. The molecule has 0 aliphatic heterocycles. The van der Waals surface area contributed by atoms with Crippen molar-refractivity contribution in [2.75, 3.05) is 0 Å². The van der Waals surface area contributed by atoms with Crippen LogP contribution in [-0.4, -0.2) is 5.11 Å². The zero-order valence-corrected chi connectivity index (χ0v) is 7.74. The minimum Gasteiger partial charge on any atom is -0.505 e. The van der Waals surface area contributed by atoms with Gasteiger partial charge in [-0.05, 0) is 13.0 Å². The molecule has 1 rings (SSSR count). The summed E-state index contributed by atoms with van der Waals surface area (Å²) in [4.78, 5) is 0. The maximum atomic E-state index is 12.7. The molecule has 0 amide bonds. The molecular formula is C8H10ClF2NO. The van der Waals surface area contributed by atoms with Crippen molar-refractivity contribution in [3.05, 3.63) is 29.3 Å². The van der Waals surface area contributed by atoms with Crippen LogP contribution in [0, 0.1) is 11.6 Å². The average molecular weight is 210 g/mol. The van der Waals surface area contributed by atoms with Gasteiger partial charge in [-0.2, -0.15) is 4.39 Å². The molecule has 1 aromatic carbocycles. The summed E-state index contributed by atoms with van der Waals surface area (Å²) in [5, 5.41) is 9.05. The summed E-state index contributed by atoms with van der Waals surface area (Å²) >= 11 is 0. The minimum atomic E-state index is -1.25. The van der Waals surface area contributed by atoms with E-state index in [0.29, 0.717) is 0 Å². The Labute approximate surface area is 80.8 Å². The third-order valence-corrected chi connectivity index (χ3v) is 1.59. The molecule has 1 atom stereocenters. The zero-order valence-electron chi connectivity index (χ0n) is 6.92. The first-order valence-corrected chi connectivity index (χ1v) is 3.46. The van der Waals surface area contributed by atoms with Crippen LogP contribution in [-0.2, 0) is 0 Å². The Hall–Kier alpha value is -0.870. The Morgan fingerprint density at radius 2 is 1.92 bits per heavy atom. The molecule has 13 heavy (non-hydrogen) atoms. The first-order valence-electron chi connectivity index (χ1n) is 3.46. The van der Waals surface area contributed by atoms with Gasteiger partial charge in [0.15, 0.2) is 11.6 Å². The minimum absolute atomic E-state index is 0. The van der Waals surface area contributed by atoms with Crippen LogP contribution in [0.15, 0.2) is 12.1 Å². The maximum absolute atomic E-state index is 12.7. The zero-order chi connectivity index (χ0) is 9.30. The van der Waals surface area contributed by atoms with Gasteiger partial charge in [0.1, 0.15) is 0 Å². The number of halogens is 3. The molecule has 0 fully saturated rings. The van der Waals surface area contributed by atoms with Crippen molar-refractivity contribution in [2.45, 2.75) is 13.0 Å². The molecule has 0 unspecified atom stereocenters. The quantitative estimate of drug-likeness (QED) is 0.744. The molecule has 0 radical (unpaired) electrons. The fourth-order valence-electron chi connectivity index (χ4n) is 0.922. The number of phenols is 1. The SMILES string of the molecule is C[C@H](N)c1ccc(F)c(F)c1O.Cl. The van der Waals surface area contributed by atoms with Crippen molar-refractivity contribution in [1.29, 1.82) is 0 Å². The van der Waals surface area contributed by atoms with E-state index < -0.39 is 23.4 Å². The number of hydrogen-bond acceptors (Lipinski definition) is 2. The molecule has 0 heterocycles. The second-order valence-electron chi connectivity index (χ2n) is 2.59. The molecule has 0 aromatic heterocycles. The number of hydrogen-bond donors (Lipinski definition) is 2. The van der Waals surface area contributed by atoms with Crippen LogP contribution in [0.3, 0.4) is 0 Å². The summed E-state index contributed by atoms with van der Waals surface area (Å²) in [7, 11) is 0. The van der Waals surface area contributed by atoms with Crippen LogP contribution < -0.4 is 5.73 Å². The van der Waals surface area contributed by atoms with Crippen LogP contribution in [0.2, 0.25) is 0 Å². The molecule has 0 saturated carbocycles. The molecule has 5 heteroatoms. The Bertz CT molecular complexity index is 304. The molecule has 0 aliphatic carbocycles. The van der Waals surface area contributed by atoms with Crippen LogP contribution in [0.25, 0.3) is 0 Å². The van der Waals surface area contributed by atoms with E-state index in [9.17, 15) is 8.78 Å². The monoisotopic (exact) mass is 209 g/mol. The first-order chi connectivity index (χ1) is 5.54. The molecule has 0 saturated heterocycles. The van der Waals surface area contributed by atoms with Crippen molar-refractivity contribution >= 4 is 12.4 Å². The molecule has 0 bridgehead atoms. The van der Waals surface area contributed by atoms with Crippen LogP contribution in [0.4, 0.5) is 8.78 Å². The molecule has 0 aliphatic rings. The molecular weight excluding hydrogens is 200 g/mol. The van der Waals surface area contributed by atoms with Crippen LogP contribution in [0.1, 0.15) is 18.5 Å². The lowest BCUT2D eigenvalue weighted by molar-refractivity contribution is 0.398. The molecule has 1 aromatic rings. The van der Waals surface area contributed by atoms with Gasteiger partial charge in [-0.3, -0.25) is 0 Å². The second kappa shape index (κ2) is 4.39. The summed E-state index contributed by atoms with van der Waals surface area (Å²) in [6, 6.07) is 1.69. The van der Waals surface area contributed by atoms with Crippen molar-refractivity contribution in [1.82, 2.24) is 0 Å². The fraction of sp³-hybridized carbons (Fsp3) is 0.250. The third-order valence-electron chi connectivity index (χ3n) is 1.59. The van der Waals surface area contributed by atoms with E-state index in [1.165, 1.54) is 6.07 Å². The van der Waals surface area contributed by atoms with Gasteiger partial charge in [-0.25, -0.2) is 4.39 Å². The van der Waals surface area contributed by atoms with E-state index in [-0.39, 0.29) is 18.0 Å². The van der Waals surface area contributed by atoms with Gasteiger partial charge in [0.25, 0.3) is 0 Å². The highest BCUT2D eigenvalue weighted by atomic mass is 35.5. The highest BCUT2D eigenvalue weighted by molar-refractivity contribution is 5.85. The van der Waals surface area contributed by atoms with Gasteiger partial charge in [0.05, 0.1) is 0 Å². The predicted molar refractivity (Wildman–Crippen MR) is 47.9 cm³/mol. The summed E-state index contributed by atoms with van der Waals surface area (Å²) in [5.74, 6) is -3.02. The first kappa shape index (κ1) is 12.1. The second-order valence-corrected chi connectivity index (χ2v) is 2.59. The molecule has 74 valence electrons. The fourth-order valence-corrected chi connectivity index (χ4v) is 0.922. The van der Waals surface area contributed by atoms with E-state index in [1.54, 1.807) is 6.92 Å². The highest BCUT2D eigenvalue weighted by Gasteiger charge is 2.14. The van der Waals surface area contributed by atoms with E-state index in [4.69, 9.17) is 10.8 Å². The Kier molecular flexibility index (Phi) is 4.10. The number of rotatable bonds is 1. The van der Waals surface area contributed by atoms with E-state index >= 15 is 0 Å². The van der Waals surface area contributed by atoms with Gasteiger partial charge in [-0.1, -0.05) is 6.07 Å². The lowest BCUT2D eigenvalue weighted by Gasteiger charge is -2.08. The van der Waals surface area contributed by atoms with Gasteiger partial charge in [0.2, 0.25) is 5.82 Å². The highest BCUT2D eigenvalue weighted by Crippen LogP contribution is 2.26. The average Bonchev–Trinajstić information content (AvgIpc) is 2.00. The van der Waals surface area contributed by atoms with E-state index in [0.717, 1.165) is 6.07 Å². The number of phenolic OH excluding ortho intramolecular Hbond substituents is 1. The smallest absolute Gasteiger partial charge is 0.200 e. The van der Waals surface area contributed by atoms with Crippen molar-refractivity contribution < 1.29 is 13.9 Å². The van der Waals surface area contributed by atoms with Crippen molar-refractivity contribution in [2.24, 2.45) is 5.73 Å². The lowest BCUT2D eigenvalue weighted by Crippen LogP contribution is -2.06. The third kappa shape index (κ3) is 2.29. The van der Waals surface area contributed by atoms with Crippen LogP contribution >= 0.6 is 12.4 Å². The summed E-state index contributed by atoms with van der Waals surface area (Å²) in [6.07, 6.45) is 0. The Morgan fingerprint density at radius 1 is 1.38 bits per heavy atom. The maximum Gasteiger partial charge on any atom is 0.200 e. The van der Waals surface area contributed by atoms with Gasteiger partial charge >= 0.3 is 0 Å². The van der Waals surface area contributed by atoms with E-state index in [1.807, 2.05) is 0 Å². The van der Waals surface area contributed by atoms with Gasteiger partial charge in [0, 0.05) is 11.6 Å². The Morgan fingerprint density at radius 3 is 2.38 bits per heavy atom. The normalized spacial score (nSPS) is 12.0. The standard InChI is InChI=1S/C8H9F2NO.ClH/c1-4(11)5-2-3-6(9)7(10)8(5)12;/h2-4,12H,11H2,1H3;1H/t4-;/m0./s1. The molecule has 2 nitrogen and oxygen atoms in total. The number of benzene rings is 1.